The molecule has 0 unspecified atom stereocenters. The van der Waals surface area contributed by atoms with Crippen molar-refractivity contribution in [3.63, 3.8) is 0 Å². The van der Waals surface area contributed by atoms with E-state index < -0.39 is 0 Å². The molecule has 0 atom stereocenters. The molecule has 0 heterocycles. The lowest BCUT2D eigenvalue weighted by Gasteiger charge is -2.13. The Balaban J connectivity index is 1.63. The maximum atomic E-state index is 12.3. The minimum absolute atomic E-state index is 0.107. The molecule has 0 radical (unpaired) electrons. The Hall–Kier alpha value is -2.99. The van der Waals surface area contributed by atoms with E-state index in [0.717, 1.165) is 22.5 Å². The van der Waals surface area contributed by atoms with E-state index in [1.165, 1.54) is 4.90 Å². The fourth-order valence-corrected chi connectivity index (χ4v) is 3.18. The van der Waals surface area contributed by atoms with Gasteiger partial charge in [0.25, 0.3) is 11.1 Å². The number of rotatable bonds is 5. The van der Waals surface area contributed by atoms with Crippen LogP contribution in [0.4, 0.5) is 10.5 Å². The van der Waals surface area contributed by atoms with Gasteiger partial charge in [-0.1, -0.05) is 42.5 Å². The number of carbonyl (C=O) groups excluding carboxylic acids is 2. The van der Waals surface area contributed by atoms with Gasteiger partial charge in [0.1, 0.15) is 5.75 Å². The summed E-state index contributed by atoms with van der Waals surface area (Å²) in [6.07, 6.45) is 0. The quantitative estimate of drug-likeness (QED) is 0.656. The van der Waals surface area contributed by atoms with Gasteiger partial charge < -0.3 is 15.0 Å². The van der Waals surface area contributed by atoms with Crippen molar-refractivity contribution in [2.75, 3.05) is 26.0 Å². The second-order valence-corrected chi connectivity index (χ2v) is 7.10. The van der Waals surface area contributed by atoms with Crippen molar-refractivity contribution in [2.45, 2.75) is 4.90 Å². The molecule has 0 fully saturated rings. The average Bonchev–Trinajstić information content (AvgIpc) is 2.67. The van der Waals surface area contributed by atoms with Gasteiger partial charge in [0.15, 0.2) is 6.61 Å². The van der Waals surface area contributed by atoms with E-state index in [-0.39, 0.29) is 17.8 Å². The number of nitrogens with one attached hydrogen (secondary N) is 1. The molecule has 27 heavy (non-hydrogen) atoms. The molecule has 6 heteroatoms. The summed E-state index contributed by atoms with van der Waals surface area (Å²) < 4.78 is 5.61. The average molecular weight is 380 g/mol. The van der Waals surface area contributed by atoms with Crippen molar-refractivity contribution in [1.29, 1.82) is 0 Å². The van der Waals surface area contributed by atoms with Gasteiger partial charge in [-0.05, 0) is 46.8 Å². The number of ether oxygens (including phenoxy) is 1. The van der Waals surface area contributed by atoms with Gasteiger partial charge in [-0.3, -0.25) is 9.59 Å². The van der Waals surface area contributed by atoms with E-state index >= 15 is 0 Å². The van der Waals surface area contributed by atoms with E-state index in [9.17, 15) is 9.59 Å². The molecule has 5 nitrogen and oxygen atoms in total. The first-order valence-electron chi connectivity index (χ1n) is 8.42. The Labute approximate surface area is 162 Å². The van der Waals surface area contributed by atoms with Crippen LogP contribution in [0, 0.1) is 0 Å². The first-order chi connectivity index (χ1) is 13.0. The van der Waals surface area contributed by atoms with Crippen LogP contribution in [0.1, 0.15) is 0 Å². The molecule has 1 N–H and O–H groups in total. The largest absolute Gasteiger partial charge is 0.484 e. The highest BCUT2D eigenvalue weighted by Crippen LogP contribution is 2.28. The standard InChI is InChI=1S/C21H20N2O3S/c1-23(2)21(25)27-19-10-6-5-9-18(19)22-20(24)14-26-17-12-11-15-7-3-4-8-16(15)13-17/h3-13H,14H2,1-2H3,(H,22,24). The van der Waals surface area contributed by atoms with Crippen molar-refractivity contribution in [3.8, 4) is 5.75 Å². The molecule has 0 aliphatic rings. The Bertz CT molecular complexity index is 972. The third kappa shape index (κ3) is 5.01. The lowest BCUT2D eigenvalue weighted by molar-refractivity contribution is -0.118. The number of thioether (sulfide) groups is 1. The molecule has 3 aromatic carbocycles. The SMILES string of the molecule is CN(C)C(=O)Sc1ccccc1NC(=O)COc1ccc2ccccc2c1. The molecule has 0 aliphatic heterocycles. The normalized spacial score (nSPS) is 10.4. The molecule has 0 saturated carbocycles. The molecular formula is C21H20N2O3S. The molecule has 0 saturated heterocycles. The molecular weight excluding hydrogens is 360 g/mol. The lowest BCUT2D eigenvalue weighted by Crippen LogP contribution is -2.21. The van der Waals surface area contributed by atoms with E-state index in [1.54, 1.807) is 26.2 Å². The van der Waals surface area contributed by atoms with E-state index in [2.05, 4.69) is 5.32 Å². The minimum atomic E-state index is -0.284. The smallest absolute Gasteiger partial charge is 0.286 e. The van der Waals surface area contributed by atoms with Crippen LogP contribution in [0.25, 0.3) is 10.8 Å². The predicted octanol–water partition coefficient (Wildman–Crippen LogP) is 4.63. The summed E-state index contributed by atoms with van der Waals surface area (Å²) in [5, 5.41) is 4.87. The summed E-state index contributed by atoms with van der Waals surface area (Å²) in [4.78, 5) is 26.4. The number of fused-ring (bicyclic) bond motifs is 1. The van der Waals surface area contributed by atoms with Crippen molar-refractivity contribution in [1.82, 2.24) is 4.90 Å². The van der Waals surface area contributed by atoms with Crippen molar-refractivity contribution in [3.05, 3.63) is 66.7 Å². The number of hydrogen-bond donors (Lipinski definition) is 1. The summed E-state index contributed by atoms with van der Waals surface area (Å²) >= 11 is 1.07. The maximum absolute atomic E-state index is 12.3. The lowest BCUT2D eigenvalue weighted by atomic mass is 10.1. The van der Waals surface area contributed by atoms with Crippen molar-refractivity contribution >= 4 is 39.4 Å². The Morgan fingerprint density at radius 3 is 2.44 bits per heavy atom. The van der Waals surface area contributed by atoms with E-state index in [4.69, 9.17) is 4.74 Å². The van der Waals surface area contributed by atoms with Gasteiger partial charge in [-0.2, -0.15) is 0 Å². The zero-order valence-corrected chi connectivity index (χ0v) is 16.0. The van der Waals surface area contributed by atoms with Crippen LogP contribution in [0.15, 0.2) is 71.6 Å². The van der Waals surface area contributed by atoms with Crippen LogP contribution in [0.2, 0.25) is 0 Å². The Morgan fingerprint density at radius 2 is 1.67 bits per heavy atom. The second-order valence-electron chi connectivity index (χ2n) is 6.10. The summed E-state index contributed by atoms with van der Waals surface area (Å²) in [5.41, 5.74) is 0.588. The van der Waals surface area contributed by atoms with Gasteiger partial charge in [0.2, 0.25) is 0 Å². The van der Waals surface area contributed by atoms with Crippen molar-refractivity contribution in [2.24, 2.45) is 0 Å². The topological polar surface area (TPSA) is 58.6 Å². The van der Waals surface area contributed by atoms with Crippen LogP contribution in [0.3, 0.4) is 0 Å². The van der Waals surface area contributed by atoms with Gasteiger partial charge in [-0.25, -0.2) is 0 Å². The van der Waals surface area contributed by atoms with Crippen LogP contribution < -0.4 is 10.1 Å². The molecule has 0 bridgehead atoms. The fraction of sp³-hybridized carbons (Fsp3) is 0.143. The monoisotopic (exact) mass is 380 g/mol. The number of carbonyl (C=O) groups is 2. The number of hydrogen-bond acceptors (Lipinski definition) is 4. The van der Waals surface area contributed by atoms with Crippen molar-refractivity contribution < 1.29 is 14.3 Å². The van der Waals surface area contributed by atoms with Crippen LogP contribution >= 0.6 is 11.8 Å². The predicted molar refractivity (Wildman–Crippen MR) is 109 cm³/mol. The molecule has 0 spiro atoms. The van der Waals surface area contributed by atoms with Gasteiger partial charge >= 0.3 is 0 Å². The minimum Gasteiger partial charge on any atom is -0.484 e. The summed E-state index contributed by atoms with van der Waals surface area (Å²) in [6, 6.07) is 20.9. The highest BCUT2D eigenvalue weighted by Gasteiger charge is 2.12. The van der Waals surface area contributed by atoms with Gasteiger partial charge in [-0.15, -0.1) is 0 Å². The molecule has 138 valence electrons. The first kappa shape index (κ1) is 18.8. The number of anilines is 1. The molecule has 3 aromatic rings. The van der Waals surface area contributed by atoms with Gasteiger partial charge in [0.05, 0.1) is 5.69 Å². The third-order valence-corrected chi connectivity index (χ3v) is 4.93. The highest BCUT2D eigenvalue weighted by atomic mass is 32.2. The highest BCUT2D eigenvalue weighted by molar-refractivity contribution is 8.13. The Kier molecular flexibility index (Phi) is 5.98. The van der Waals surface area contributed by atoms with E-state index in [1.807, 2.05) is 54.6 Å². The molecule has 2 amide bonds. The molecule has 3 rings (SSSR count). The molecule has 0 aliphatic carbocycles. The van der Waals surface area contributed by atoms with E-state index in [0.29, 0.717) is 16.3 Å². The summed E-state index contributed by atoms with van der Waals surface area (Å²) in [5.74, 6) is 0.350. The van der Waals surface area contributed by atoms with Crippen LogP contribution in [-0.4, -0.2) is 36.7 Å². The van der Waals surface area contributed by atoms with Crippen LogP contribution in [-0.2, 0) is 4.79 Å². The zero-order valence-electron chi connectivity index (χ0n) is 15.1. The summed E-state index contributed by atoms with van der Waals surface area (Å²) in [7, 11) is 3.38. The summed E-state index contributed by atoms with van der Waals surface area (Å²) in [6.45, 7) is -0.112. The zero-order chi connectivity index (χ0) is 19.2. The Morgan fingerprint density at radius 1 is 0.963 bits per heavy atom. The number of benzene rings is 3. The maximum Gasteiger partial charge on any atom is 0.286 e. The second kappa shape index (κ2) is 8.60. The number of nitrogens with zero attached hydrogens (tertiary/aromatic N) is 1. The first-order valence-corrected chi connectivity index (χ1v) is 9.24. The van der Waals surface area contributed by atoms with Crippen LogP contribution in [0.5, 0.6) is 5.75 Å². The molecule has 0 aromatic heterocycles. The number of amides is 2. The number of para-hydroxylation sites is 1. The van der Waals surface area contributed by atoms with Gasteiger partial charge in [0, 0.05) is 19.0 Å². The third-order valence-electron chi connectivity index (χ3n) is 3.81. The fourth-order valence-electron chi connectivity index (χ4n) is 2.44.